The highest BCUT2D eigenvalue weighted by molar-refractivity contribution is 9.10. The molecule has 4 nitrogen and oxygen atoms in total. The van der Waals surface area contributed by atoms with E-state index in [2.05, 4.69) is 21.2 Å². The van der Waals surface area contributed by atoms with Crippen LogP contribution in [0.1, 0.15) is 17.5 Å². The Bertz CT molecular complexity index is 853. The van der Waals surface area contributed by atoms with Crippen molar-refractivity contribution >= 4 is 50.7 Å². The van der Waals surface area contributed by atoms with Crippen LogP contribution in [0, 0.1) is 19.8 Å². The Labute approximate surface area is 160 Å². The molecule has 1 heterocycles. The van der Waals surface area contributed by atoms with Crippen LogP contribution in [0.2, 0.25) is 5.02 Å². The normalized spacial score (nSPS) is 17.0. The number of nitrogens with one attached hydrogen (secondary N) is 1. The molecule has 0 radical (unpaired) electrons. The van der Waals surface area contributed by atoms with Crippen molar-refractivity contribution in [1.29, 1.82) is 0 Å². The lowest BCUT2D eigenvalue weighted by atomic mass is 10.1. The van der Waals surface area contributed by atoms with Crippen molar-refractivity contribution < 1.29 is 9.59 Å². The number of nitrogens with zero attached hydrogens (tertiary/aromatic N) is 1. The molecule has 2 aromatic rings. The minimum absolute atomic E-state index is 0.0579. The van der Waals surface area contributed by atoms with E-state index in [-0.39, 0.29) is 24.2 Å². The first-order chi connectivity index (χ1) is 11.9. The van der Waals surface area contributed by atoms with Gasteiger partial charge in [0.1, 0.15) is 0 Å². The first-order valence-corrected chi connectivity index (χ1v) is 9.16. The van der Waals surface area contributed by atoms with E-state index in [0.29, 0.717) is 11.6 Å². The van der Waals surface area contributed by atoms with Crippen molar-refractivity contribution in [3.8, 4) is 0 Å². The molecule has 2 aromatic carbocycles. The van der Waals surface area contributed by atoms with Crippen LogP contribution in [0.3, 0.4) is 0 Å². The van der Waals surface area contributed by atoms with Gasteiger partial charge in [-0.2, -0.15) is 0 Å². The van der Waals surface area contributed by atoms with Gasteiger partial charge in [0.25, 0.3) is 0 Å². The molecule has 0 aromatic heterocycles. The van der Waals surface area contributed by atoms with Crippen LogP contribution in [-0.4, -0.2) is 18.4 Å². The average molecular weight is 422 g/mol. The molecule has 1 aliphatic heterocycles. The van der Waals surface area contributed by atoms with Crippen molar-refractivity contribution in [2.45, 2.75) is 20.3 Å². The molecule has 130 valence electrons. The lowest BCUT2D eigenvalue weighted by Gasteiger charge is -2.19. The third-order valence-corrected chi connectivity index (χ3v) is 5.75. The fraction of sp³-hybridized carbons (Fsp3) is 0.263. The van der Waals surface area contributed by atoms with Gasteiger partial charge in [-0.15, -0.1) is 0 Å². The first kappa shape index (κ1) is 18.0. The predicted molar refractivity (Wildman–Crippen MR) is 104 cm³/mol. The predicted octanol–water partition coefficient (Wildman–Crippen LogP) is 4.71. The lowest BCUT2D eigenvalue weighted by molar-refractivity contribution is -0.122. The van der Waals surface area contributed by atoms with Crippen LogP contribution < -0.4 is 10.2 Å². The average Bonchev–Trinajstić information content (AvgIpc) is 2.95. The smallest absolute Gasteiger partial charge is 0.229 e. The second-order valence-electron chi connectivity index (χ2n) is 6.24. The molecule has 1 aliphatic rings. The van der Waals surface area contributed by atoms with Crippen LogP contribution >= 0.6 is 27.5 Å². The van der Waals surface area contributed by atoms with E-state index in [1.54, 1.807) is 11.0 Å². The topological polar surface area (TPSA) is 49.4 Å². The molecular formula is C19H18BrClN2O2. The van der Waals surface area contributed by atoms with Crippen molar-refractivity contribution in [3.63, 3.8) is 0 Å². The quantitative estimate of drug-likeness (QED) is 0.780. The molecule has 0 aliphatic carbocycles. The fourth-order valence-corrected chi connectivity index (χ4v) is 3.39. The van der Waals surface area contributed by atoms with Crippen LogP contribution in [-0.2, 0) is 9.59 Å². The molecule has 0 saturated carbocycles. The van der Waals surface area contributed by atoms with Crippen LogP contribution in [0.25, 0.3) is 0 Å². The van der Waals surface area contributed by atoms with Gasteiger partial charge in [-0.25, -0.2) is 0 Å². The van der Waals surface area contributed by atoms with E-state index in [1.807, 2.05) is 44.2 Å². The Morgan fingerprint density at radius 2 is 2.04 bits per heavy atom. The second kappa shape index (κ2) is 7.18. The zero-order valence-electron chi connectivity index (χ0n) is 14.0. The van der Waals surface area contributed by atoms with Gasteiger partial charge in [-0.1, -0.05) is 33.6 Å². The largest absolute Gasteiger partial charge is 0.326 e. The summed E-state index contributed by atoms with van der Waals surface area (Å²) in [4.78, 5) is 26.6. The molecule has 2 amide bonds. The molecule has 6 heteroatoms. The van der Waals surface area contributed by atoms with E-state index in [4.69, 9.17) is 11.6 Å². The number of hydrogen-bond donors (Lipinski definition) is 1. The molecule has 0 bridgehead atoms. The summed E-state index contributed by atoms with van der Waals surface area (Å²) >= 11 is 9.59. The number of halogens is 2. The third-order valence-electron chi connectivity index (χ3n) is 4.45. The van der Waals surface area contributed by atoms with Gasteiger partial charge >= 0.3 is 0 Å². The summed E-state index contributed by atoms with van der Waals surface area (Å²) < 4.78 is 0.990. The van der Waals surface area contributed by atoms with Gasteiger partial charge in [0.05, 0.1) is 5.92 Å². The molecule has 1 atom stereocenters. The highest BCUT2D eigenvalue weighted by Crippen LogP contribution is 2.32. The maximum absolute atomic E-state index is 12.6. The van der Waals surface area contributed by atoms with Gasteiger partial charge in [-0.3, -0.25) is 9.59 Å². The minimum Gasteiger partial charge on any atom is -0.326 e. The maximum Gasteiger partial charge on any atom is 0.229 e. The monoisotopic (exact) mass is 420 g/mol. The molecule has 1 N–H and O–H groups in total. The van der Waals surface area contributed by atoms with Gasteiger partial charge < -0.3 is 10.2 Å². The summed E-state index contributed by atoms with van der Waals surface area (Å²) in [6, 6.07) is 11.1. The SMILES string of the molecule is Cc1cc(NC(=O)[C@@H]2CC(=O)N(c3cccc(Cl)c3C)C2)ccc1Br. The molecule has 0 unspecified atom stereocenters. The van der Waals surface area contributed by atoms with Gasteiger partial charge in [0, 0.05) is 33.8 Å². The van der Waals surface area contributed by atoms with E-state index in [0.717, 1.165) is 27.0 Å². The number of carbonyl (C=O) groups excluding carboxylic acids is 2. The van der Waals surface area contributed by atoms with Crippen LogP contribution in [0.15, 0.2) is 40.9 Å². The van der Waals surface area contributed by atoms with Crippen molar-refractivity contribution in [2.24, 2.45) is 5.92 Å². The van der Waals surface area contributed by atoms with Crippen LogP contribution in [0.5, 0.6) is 0 Å². The highest BCUT2D eigenvalue weighted by Gasteiger charge is 2.35. The minimum atomic E-state index is -0.380. The Balaban J connectivity index is 1.74. The van der Waals surface area contributed by atoms with E-state index >= 15 is 0 Å². The van der Waals surface area contributed by atoms with E-state index in [9.17, 15) is 9.59 Å². The number of carbonyl (C=O) groups is 2. The number of rotatable bonds is 3. The number of benzene rings is 2. The Morgan fingerprint density at radius 3 is 2.76 bits per heavy atom. The molecule has 25 heavy (non-hydrogen) atoms. The zero-order chi connectivity index (χ0) is 18.1. The van der Waals surface area contributed by atoms with Crippen molar-refractivity contribution in [1.82, 2.24) is 0 Å². The maximum atomic E-state index is 12.6. The molecule has 1 fully saturated rings. The standard InChI is InChI=1S/C19H18BrClN2O2/c1-11-8-14(6-7-15(11)20)22-19(25)13-9-18(24)23(10-13)17-5-3-4-16(21)12(17)2/h3-8,13H,9-10H2,1-2H3,(H,22,25)/t13-/m1/s1. The second-order valence-corrected chi connectivity index (χ2v) is 7.50. The third kappa shape index (κ3) is 3.72. The Morgan fingerprint density at radius 1 is 1.28 bits per heavy atom. The Hall–Kier alpha value is -1.85. The van der Waals surface area contributed by atoms with Gasteiger partial charge in [0.2, 0.25) is 11.8 Å². The summed E-state index contributed by atoms with van der Waals surface area (Å²) in [6.07, 6.45) is 0.202. The number of amides is 2. The number of aryl methyl sites for hydroxylation is 1. The summed E-state index contributed by atoms with van der Waals surface area (Å²) in [5.74, 6) is -0.579. The fourth-order valence-electron chi connectivity index (χ4n) is 2.97. The summed E-state index contributed by atoms with van der Waals surface area (Å²) in [5.41, 5.74) is 3.39. The summed E-state index contributed by atoms with van der Waals surface area (Å²) in [6.45, 7) is 4.20. The van der Waals surface area contributed by atoms with Gasteiger partial charge in [-0.05, 0) is 55.3 Å². The van der Waals surface area contributed by atoms with E-state index in [1.165, 1.54) is 0 Å². The number of hydrogen-bond acceptors (Lipinski definition) is 2. The van der Waals surface area contributed by atoms with Crippen LogP contribution in [0.4, 0.5) is 11.4 Å². The van der Waals surface area contributed by atoms with Crippen molar-refractivity contribution in [2.75, 3.05) is 16.8 Å². The molecule has 0 spiro atoms. The van der Waals surface area contributed by atoms with E-state index < -0.39 is 0 Å². The Kier molecular flexibility index (Phi) is 5.16. The number of anilines is 2. The summed E-state index contributed by atoms with van der Waals surface area (Å²) in [5, 5.41) is 3.52. The first-order valence-electron chi connectivity index (χ1n) is 7.99. The molecule has 1 saturated heterocycles. The zero-order valence-corrected chi connectivity index (χ0v) is 16.3. The van der Waals surface area contributed by atoms with Gasteiger partial charge in [0.15, 0.2) is 0 Å². The van der Waals surface area contributed by atoms with Crippen molar-refractivity contribution in [3.05, 3.63) is 57.0 Å². The molecular weight excluding hydrogens is 404 g/mol. The molecule has 3 rings (SSSR count). The summed E-state index contributed by atoms with van der Waals surface area (Å²) in [7, 11) is 0. The lowest BCUT2D eigenvalue weighted by Crippen LogP contribution is -2.28. The highest BCUT2D eigenvalue weighted by atomic mass is 79.9.